The number of anilines is 1. The van der Waals surface area contributed by atoms with Crippen LogP contribution in [0.15, 0.2) is 18.2 Å². The molecule has 0 radical (unpaired) electrons. The first-order valence-corrected chi connectivity index (χ1v) is 9.02. The van der Waals surface area contributed by atoms with Gasteiger partial charge in [-0.25, -0.2) is 0 Å². The molecule has 24 heavy (non-hydrogen) atoms. The lowest BCUT2D eigenvalue weighted by Gasteiger charge is -2.34. The predicted octanol–water partition coefficient (Wildman–Crippen LogP) is 2.02. The fourth-order valence-electron chi connectivity index (χ4n) is 3.19. The van der Waals surface area contributed by atoms with Crippen LogP contribution in [-0.4, -0.2) is 66.7 Å². The lowest BCUT2D eigenvalue weighted by molar-refractivity contribution is -0.117. The van der Waals surface area contributed by atoms with Crippen molar-refractivity contribution in [2.24, 2.45) is 0 Å². The number of aliphatic hydroxyl groups is 1. The summed E-state index contributed by atoms with van der Waals surface area (Å²) in [4.78, 5) is 17.0. The Morgan fingerprint density at radius 1 is 1.04 bits per heavy atom. The van der Waals surface area contributed by atoms with Gasteiger partial charge in [0.05, 0.1) is 6.54 Å². The fraction of sp³-hybridized carbons (Fsp3) is 0.632. The zero-order valence-electron chi connectivity index (χ0n) is 15.1. The van der Waals surface area contributed by atoms with E-state index in [9.17, 15) is 4.79 Å². The molecule has 0 bridgehead atoms. The van der Waals surface area contributed by atoms with Gasteiger partial charge in [0.15, 0.2) is 0 Å². The van der Waals surface area contributed by atoms with Crippen LogP contribution in [0.2, 0.25) is 0 Å². The molecule has 0 saturated carbocycles. The molecule has 5 nitrogen and oxygen atoms in total. The topological polar surface area (TPSA) is 55.8 Å². The lowest BCUT2D eigenvalue weighted by atomic mass is 10.1. The van der Waals surface area contributed by atoms with Crippen molar-refractivity contribution in [2.75, 3.05) is 51.2 Å². The number of benzene rings is 1. The van der Waals surface area contributed by atoms with Gasteiger partial charge in [-0.05, 0) is 50.8 Å². The minimum Gasteiger partial charge on any atom is -0.396 e. The van der Waals surface area contributed by atoms with E-state index in [0.717, 1.165) is 68.8 Å². The first-order chi connectivity index (χ1) is 11.6. The molecule has 1 aromatic carbocycles. The summed E-state index contributed by atoms with van der Waals surface area (Å²) in [5.74, 6) is 0.0730. The van der Waals surface area contributed by atoms with E-state index >= 15 is 0 Å². The average molecular weight is 333 g/mol. The molecule has 1 aliphatic heterocycles. The molecule has 1 heterocycles. The summed E-state index contributed by atoms with van der Waals surface area (Å²) in [5.41, 5.74) is 3.16. The summed E-state index contributed by atoms with van der Waals surface area (Å²) in [6, 6.07) is 6.07. The third-order valence-electron chi connectivity index (χ3n) is 4.71. The normalized spacial score (nSPS) is 16.3. The van der Waals surface area contributed by atoms with Crippen LogP contribution < -0.4 is 5.32 Å². The zero-order valence-corrected chi connectivity index (χ0v) is 15.1. The third kappa shape index (κ3) is 5.89. The highest BCUT2D eigenvalue weighted by Gasteiger charge is 2.19. The molecule has 2 rings (SSSR count). The van der Waals surface area contributed by atoms with Gasteiger partial charge in [-0.3, -0.25) is 9.69 Å². The number of rotatable bonds is 8. The van der Waals surface area contributed by atoms with Gasteiger partial charge < -0.3 is 15.3 Å². The van der Waals surface area contributed by atoms with Crippen LogP contribution >= 0.6 is 0 Å². The van der Waals surface area contributed by atoms with Gasteiger partial charge in [0.2, 0.25) is 5.91 Å². The van der Waals surface area contributed by atoms with Crippen molar-refractivity contribution in [3.05, 3.63) is 29.3 Å². The maximum Gasteiger partial charge on any atom is 0.238 e. The molecule has 0 atom stereocenters. The molecular formula is C19H31N3O2. The molecule has 134 valence electrons. The summed E-state index contributed by atoms with van der Waals surface area (Å²) in [6.45, 7) is 9.85. The largest absolute Gasteiger partial charge is 0.396 e. The summed E-state index contributed by atoms with van der Waals surface area (Å²) in [5, 5.41) is 11.9. The van der Waals surface area contributed by atoms with Crippen LogP contribution in [0.5, 0.6) is 0 Å². The number of carbonyl (C=O) groups is 1. The van der Waals surface area contributed by atoms with Crippen LogP contribution in [0.3, 0.4) is 0 Å². The number of piperazine rings is 1. The molecule has 0 aliphatic carbocycles. The number of carbonyl (C=O) groups excluding carboxylic acids is 1. The van der Waals surface area contributed by atoms with Crippen molar-refractivity contribution in [1.82, 2.24) is 9.80 Å². The van der Waals surface area contributed by atoms with Crippen LogP contribution in [0.1, 0.15) is 30.4 Å². The van der Waals surface area contributed by atoms with Crippen LogP contribution in [0.4, 0.5) is 5.69 Å². The first-order valence-electron chi connectivity index (χ1n) is 9.02. The summed E-state index contributed by atoms with van der Waals surface area (Å²) < 4.78 is 0. The highest BCUT2D eigenvalue weighted by Crippen LogP contribution is 2.19. The van der Waals surface area contributed by atoms with Crippen molar-refractivity contribution in [2.45, 2.75) is 33.1 Å². The highest BCUT2D eigenvalue weighted by molar-refractivity contribution is 5.93. The fourth-order valence-corrected chi connectivity index (χ4v) is 3.19. The summed E-state index contributed by atoms with van der Waals surface area (Å²) >= 11 is 0. The minimum atomic E-state index is 0.0730. The van der Waals surface area contributed by atoms with Gasteiger partial charge in [0, 0.05) is 38.5 Å². The number of nitrogens with zero attached hydrogens (tertiary/aromatic N) is 2. The van der Waals surface area contributed by atoms with Crippen molar-refractivity contribution in [1.29, 1.82) is 0 Å². The van der Waals surface area contributed by atoms with E-state index in [1.165, 1.54) is 0 Å². The number of hydrogen-bond acceptors (Lipinski definition) is 4. The number of unbranched alkanes of at least 4 members (excludes halogenated alkanes) is 2. The maximum absolute atomic E-state index is 12.3. The Labute approximate surface area is 145 Å². The van der Waals surface area contributed by atoms with E-state index < -0.39 is 0 Å². The second kappa shape index (κ2) is 9.77. The highest BCUT2D eigenvalue weighted by atomic mass is 16.2. The SMILES string of the molecule is Cc1cccc(C)c1NC(=O)CN1CCN(CCCCCO)CC1. The number of aryl methyl sites for hydroxylation is 2. The minimum absolute atomic E-state index is 0.0730. The van der Waals surface area contributed by atoms with Gasteiger partial charge in [-0.2, -0.15) is 0 Å². The Hall–Kier alpha value is -1.43. The smallest absolute Gasteiger partial charge is 0.238 e. The Bertz CT molecular complexity index is 505. The molecule has 1 amide bonds. The van der Waals surface area contributed by atoms with E-state index in [0.29, 0.717) is 13.2 Å². The van der Waals surface area contributed by atoms with Crippen molar-refractivity contribution in [3.63, 3.8) is 0 Å². The van der Waals surface area contributed by atoms with Crippen LogP contribution in [-0.2, 0) is 4.79 Å². The van der Waals surface area contributed by atoms with Gasteiger partial charge in [0.25, 0.3) is 0 Å². The molecule has 2 N–H and O–H groups in total. The standard InChI is InChI=1S/C19H31N3O2/c1-16-7-6-8-17(2)19(16)20-18(24)15-22-12-10-21(11-13-22)9-4-3-5-14-23/h6-8,23H,3-5,9-15H2,1-2H3,(H,20,24). The van der Waals surface area contributed by atoms with E-state index in [-0.39, 0.29) is 5.91 Å². The molecule has 1 fully saturated rings. The molecule has 1 saturated heterocycles. The Morgan fingerprint density at radius 3 is 2.29 bits per heavy atom. The Kier molecular flexibility index (Phi) is 7.69. The number of para-hydroxylation sites is 1. The number of aliphatic hydroxyl groups excluding tert-OH is 1. The molecule has 0 aromatic heterocycles. The van der Waals surface area contributed by atoms with E-state index in [2.05, 4.69) is 15.1 Å². The van der Waals surface area contributed by atoms with Crippen molar-refractivity contribution in [3.8, 4) is 0 Å². The predicted molar refractivity (Wildman–Crippen MR) is 98.4 cm³/mol. The van der Waals surface area contributed by atoms with E-state index in [1.807, 2.05) is 32.0 Å². The van der Waals surface area contributed by atoms with Gasteiger partial charge in [-0.1, -0.05) is 18.2 Å². The van der Waals surface area contributed by atoms with Crippen molar-refractivity contribution < 1.29 is 9.90 Å². The Morgan fingerprint density at radius 2 is 1.67 bits per heavy atom. The van der Waals surface area contributed by atoms with Crippen molar-refractivity contribution >= 4 is 11.6 Å². The van der Waals surface area contributed by atoms with Gasteiger partial charge in [-0.15, -0.1) is 0 Å². The number of nitrogens with one attached hydrogen (secondary N) is 1. The second-order valence-corrected chi connectivity index (χ2v) is 6.72. The number of amides is 1. The average Bonchev–Trinajstić information content (AvgIpc) is 2.57. The maximum atomic E-state index is 12.3. The molecule has 1 aliphatic rings. The Balaban J connectivity index is 1.71. The van der Waals surface area contributed by atoms with Crippen LogP contribution in [0, 0.1) is 13.8 Å². The monoisotopic (exact) mass is 333 g/mol. The molecular weight excluding hydrogens is 302 g/mol. The van der Waals surface area contributed by atoms with E-state index in [1.54, 1.807) is 0 Å². The number of hydrogen-bond donors (Lipinski definition) is 2. The third-order valence-corrected chi connectivity index (χ3v) is 4.71. The molecule has 0 unspecified atom stereocenters. The quantitative estimate of drug-likeness (QED) is 0.715. The first kappa shape index (κ1) is 18.9. The zero-order chi connectivity index (χ0) is 17.4. The molecule has 5 heteroatoms. The van der Waals surface area contributed by atoms with Gasteiger partial charge >= 0.3 is 0 Å². The summed E-state index contributed by atoms with van der Waals surface area (Å²) in [7, 11) is 0. The lowest BCUT2D eigenvalue weighted by Crippen LogP contribution is -2.48. The van der Waals surface area contributed by atoms with Gasteiger partial charge in [0.1, 0.15) is 0 Å². The summed E-state index contributed by atoms with van der Waals surface area (Å²) in [6.07, 6.45) is 3.14. The molecule has 1 aromatic rings. The van der Waals surface area contributed by atoms with Crippen LogP contribution in [0.25, 0.3) is 0 Å². The van der Waals surface area contributed by atoms with E-state index in [4.69, 9.17) is 5.11 Å². The second-order valence-electron chi connectivity index (χ2n) is 6.72. The molecule has 0 spiro atoms.